The topological polar surface area (TPSA) is 47.6 Å². The molecule has 0 aliphatic carbocycles. The van der Waals surface area contributed by atoms with Crippen LogP contribution in [0.15, 0.2) is 54.6 Å². The molecule has 0 bridgehead atoms. The Labute approximate surface area is 156 Å². The first-order valence-corrected chi connectivity index (χ1v) is 8.94. The first kappa shape index (κ1) is 16.7. The highest BCUT2D eigenvalue weighted by molar-refractivity contribution is 6.32. The molecule has 1 N–H and O–H groups in total. The molecule has 0 unspecified atom stereocenters. The van der Waals surface area contributed by atoms with Gasteiger partial charge < -0.3 is 14.8 Å². The van der Waals surface area contributed by atoms with E-state index in [2.05, 4.69) is 5.32 Å². The second-order valence-electron chi connectivity index (χ2n) is 6.13. The average molecular weight is 368 g/mol. The van der Waals surface area contributed by atoms with Gasteiger partial charge >= 0.3 is 0 Å². The van der Waals surface area contributed by atoms with Crippen molar-refractivity contribution in [3.8, 4) is 11.5 Å². The number of hydrogen-bond donors (Lipinski definition) is 1. The highest BCUT2D eigenvalue weighted by atomic mass is 35.5. The number of benzene rings is 3. The number of ether oxygens (including phenoxy) is 2. The maximum absolute atomic E-state index is 12.6. The smallest absolute Gasteiger partial charge is 0.251 e. The Hall–Kier alpha value is -2.72. The fourth-order valence-corrected chi connectivity index (χ4v) is 3.44. The normalized spacial score (nSPS) is 12.8. The molecular weight excluding hydrogens is 350 g/mol. The molecule has 1 amide bonds. The second-order valence-corrected chi connectivity index (χ2v) is 6.54. The lowest BCUT2D eigenvalue weighted by molar-refractivity contribution is 0.0956. The largest absolute Gasteiger partial charge is 0.486 e. The third kappa shape index (κ3) is 3.33. The lowest BCUT2D eigenvalue weighted by atomic mass is 10.0. The summed E-state index contributed by atoms with van der Waals surface area (Å²) in [5, 5.41) is 5.53. The summed E-state index contributed by atoms with van der Waals surface area (Å²) in [6, 6.07) is 17.4. The zero-order valence-electron chi connectivity index (χ0n) is 14.1. The van der Waals surface area contributed by atoms with Crippen LogP contribution in [0.4, 0.5) is 0 Å². The van der Waals surface area contributed by atoms with E-state index in [0.717, 1.165) is 16.3 Å². The lowest BCUT2D eigenvalue weighted by Gasteiger charge is -2.20. The van der Waals surface area contributed by atoms with E-state index < -0.39 is 0 Å². The van der Waals surface area contributed by atoms with Crippen molar-refractivity contribution >= 4 is 28.3 Å². The third-order valence-electron chi connectivity index (χ3n) is 4.39. The van der Waals surface area contributed by atoms with Crippen LogP contribution in [0.3, 0.4) is 0 Å². The van der Waals surface area contributed by atoms with Crippen LogP contribution in [0.1, 0.15) is 15.9 Å². The molecule has 3 aromatic carbocycles. The number of halogens is 1. The van der Waals surface area contributed by atoms with Crippen molar-refractivity contribution in [2.45, 2.75) is 6.42 Å². The van der Waals surface area contributed by atoms with Crippen LogP contribution in [0.5, 0.6) is 11.5 Å². The van der Waals surface area contributed by atoms with Gasteiger partial charge in [0.05, 0.1) is 5.02 Å². The third-order valence-corrected chi connectivity index (χ3v) is 4.67. The summed E-state index contributed by atoms with van der Waals surface area (Å²) in [5.41, 5.74) is 1.68. The van der Waals surface area contributed by atoms with Gasteiger partial charge in [0.15, 0.2) is 11.5 Å². The molecule has 4 nitrogen and oxygen atoms in total. The first-order chi connectivity index (χ1) is 12.7. The minimum atomic E-state index is -0.0783. The Bertz CT molecular complexity index is 965. The summed E-state index contributed by atoms with van der Waals surface area (Å²) in [4.78, 5) is 12.6. The molecule has 0 fully saturated rings. The van der Waals surface area contributed by atoms with E-state index in [9.17, 15) is 4.79 Å². The van der Waals surface area contributed by atoms with E-state index in [1.165, 1.54) is 0 Å². The Morgan fingerprint density at radius 3 is 2.77 bits per heavy atom. The molecule has 1 aliphatic rings. The highest BCUT2D eigenvalue weighted by Crippen LogP contribution is 2.38. The van der Waals surface area contributed by atoms with E-state index in [0.29, 0.717) is 48.3 Å². The number of fused-ring (bicyclic) bond motifs is 2. The van der Waals surface area contributed by atoms with Gasteiger partial charge in [-0.3, -0.25) is 4.79 Å². The Kier molecular flexibility index (Phi) is 4.67. The molecule has 132 valence electrons. The first-order valence-electron chi connectivity index (χ1n) is 8.56. The van der Waals surface area contributed by atoms with E-state index in [-0.39, 0.29) is 5.91 Å². The molecule has 1 aliphatic heterocycles. The fraction of sp³-hybridized carbons (Fsp3) is 0.190. The van der Waals surface area contributed by atoms with E-state index in [1.807, 2.05) is 54.6 Å². The van der Waals surface area contributed by atoms with Crippen molar-refractivity contribution in [2.24, 2.45) is 0 Å². The van der Waals surface area contributed by atoms with Crippen LogP contribution in [0.25, 0.3) is 10.8 Å². The summed E-state index contributed by atoms with van der Waals surface area (Å²) >= 11 is 6.26. The fourth-order valence-electron chi connectivity index (χ4n) is 3.15. The lowest BCUT2D eigenvalue weighted by Crippen LogP contribution is -2.26. The van der Waals surface area contributed by atoms with Crippen LogP contribution in [-0.2, 0) is 6.42 Å². The Morgan fingerprint density at radius 1 is 1.04 bits per heavy atom. The summed E-state index contributed by atoms with van der Waals surface area (Å²) in [5.74, 6) is 1.19. The van der Waals surface area contributed by atoms with Crippen LogP contribution < -0.4 is 14.8 Å². The number of rotatable bonds is 4. The minimum absolute atomic E-state index is 0.0783. The Balaban J connectivity index is 1.45. The second kappa shape index (κ2) is 7.26. The van der Waals surface area contributed by atoms with Crippen molar-refractivity contribution in [1.29, 1.82) is 0 Å². The zero-order chi connectivity index (χ0) is 17.9. The summed E-state index contributed by atoms with van der Waals surface area (Å²) in [6.45, 7) is 1.54. The van der Waals surface area contributed by atoms with Crippen LogP contribution in [-0.4, -0.2) is 25.7 Å². The maximum atomic E-state index is 12.6. The van der Waals surface area contributed by atoms with Gasteiger partial charge in [0.25, 0.3) is 5.91 Å². The van der Waals surface area contributed by atoms with E-state index >= 15 is 0 Å². The van der Waals surface area contributed by atoms with Crippen LogP contribution in [0, 0.1) is 0 Å². The molecule has 0 spiro atoms. The molecule has 0 radical (unpaired) electrons. The number of carbonyl (C=O) groups excluding carboxylic acids is 1. The average Bonchev–Trinajstić information content (AvgIpc) is 2.67. The van der Waals surface area contributed by atoms with Gasteiger partial charge in [-0.15, -0.1) is 0 Å². The molecule has 4 rings (SSSR count). The molecule has 0 saturated carbocycles. The predicted octanol–water partition coefficient (Wildman–Crippen LogP) is 4.24. The monoisotopic (exact) mass is 367 g/mol. The van der Waals surface area contributed by atoms with Crippen molar-refractivity contribution < 1.29 is 14.3 Å². The number of hydrogen-bond acceptors (Lipinski definition) is 3. The van der Waals surface area contributed by atoms with Gasteiger partial charge in [0.1, 0.15) is 13.2 Å². The van der Waals surface area contributed by atoms with Crippen molar-refractivity contribution in [1.82, 2.24) is 5.32 Å². The Morgan fingerprint density at radius 2 is 1.85 bits per heavy atom. The number of nitrogens with one attached hydrogen (secondary N) is 1. The molecular formula is C21H18ClNO3. The van der Waals surface area contributed by atoms with Crippen LogP contribution in [0.2, 0.25) is 5.02 Å². The van der Waals surface area contributed by atoms with Crippen molar-refractivity contribution in [2.75, 3.05) is 19.8 Å². The summed E-state index contributed by atoms with van der Waals surface area (Å²) < 4.78 is 11.1. The van der Waals surface area contributed by atoms with Gasteiger partial charge in [-0.05, 0) is 41.0 Å². The van der Waals surface area contributed by atoms with Gasteiger partial charge in [0.2, 0.25) is 0 Å². The van der Waals surface area contributed by atoms with Gasteiger partial charge in [0, 0.05) is 12.1 Å². The molecule has 26 heavy (non-hydrogen) atoms. The zero-order valence-corrected chi connectivity index (χ0v) is 14.9. The molecule has 1 heterocycles. The molecule has 0 saturated heterocycles. The highest BCUT2D eigenvalue weighted by Gasteiger charge is 2.16. The van der Waals surface area contributed by atoms with Gasteiger partial charge in [-0.25, -0.2) is 0 Å². The standard InChI is InChI=1S/C21H18ClNO3/c22-18-12-14(13-19-20(18)26-11-10-25-19)8-9-23-21(24)17-7-3-5-15-4-1-2-6-16(15)17/h1-7,12-13H,8-11H2,(H,23,24). The maximum Gasteiger partial charge on any atom is 0.251 e. The minimum Gasteiger partial charge on any atom is -0.486 e. The van der Waals surface area contributed by atoms with Gasteiger partial charge in [-0.1, -0.05) is 48.0 Å². The number of amides is 1. The van der Waals surface area contributed by atoms with Crippen LogP contribution >= 0.6 is 11.6 Å². The molecule has 3 aromatic rings. The predicted molar refractivity (Wildman–Crippen MR) is 102 cm³/mol. The summed E-state index contributed by atoms with van der Waals surface area (Å²) in [6.07, 6.45) is 0.660. The van der Waals surface area contributed by atoms with Gasteiger partial charge in [-0.2, -0.15) is 0 Å². The van der Waals surface area contributed by atoms with Crippen molar-refractivity contribution in [3.63, 3.8) is 0 Å². The summed E-state index contributed by atoms with van der Waals surface area (Å²) in [7, 11) is 0. The number of carbonyl (C=O) groups is 1. The molecule has 0 aromatic heterocycles. The van der Waals surface area contributed by atoms with E-state index in [4.69, 9.17) is 21.1 Å². The molecule has 0 atom stereocenters. The SMILES string of the molecule is O=C(NCCc1cc(Cl)c2c(c1)OCCO2)c1cccc2ccccc12. The quantitative estimate of drug-likeness (QED) is 0.750. The van der Waals surface area contributed by atoms with E-state index in [1.54, 1.807) is 0 Å². The van der Waals surface area contributed by atoms with Crippen molar-refractivity contribution in [3.05, 3.63) is 70.7 Å². The molecule has 5 heteroatoms.